The van der Waals surface area contributed by atoms with Gasteiger partial charge >= 0.3 is 0 Å². The molecule has 1 aromatic heterocycles. The second kappa shape index (κ2) is 4.83. The Hall–Kier alpha value is -1.59. The first-order chi connectivity index (χ1) is 9.19. The molecule has 3 N–H and O–H groups in total. The molecule has 0 saturated carbocycles. The molecule has 5 nitrogen and oxygen atoms in total. The molecule has 1 aliphatic rings. The largest absolute Gasteiger partial charge is 0.399 e. The first-order valence-corrected chi connectivity index (χ1v) is 6.75. The molecule has 1 unspecified atom stereocenters. The lowest BCUT2D eigenvalue weighted by molar-refractivity contribution is 0.249. The van der Waals surface area contributed by atoms with Gasteiger partial charge in [0.25, 0.3) is 0 Å². The Bertz CT molecular complexity index is 592. The second-order valence-electron chi connectivity index (χ2n) is 5.32. The Morgan fingerprint density at radius 3 is 3.00 bits per heavy atom. The number of fused-ring (bicyclic) bond motifs is 1. The van der Waals surface area contributed by atoms with Crippen molar-refractivity contribution in [2.75, 3.05) is 19.3 Å². The molecule has 1 aromatic carbocycles. The van der Waals surface area contributed by atoms with Crippen LogP contribution in [-0.4, -0.2) is 39.2 Å². The van der Waals surface area contributed by atoms with E-state index in [4.69, 9.17) is 5.73 Å². The summed E-state index contributed by atoms with van der Waals surface area (Å²) in [5.41, 5.74) is 8.42. The fourth-order valence-electron chi connectivity index (χ4n) is 2.94. The number of anilines is 1. The van der Waals surface area contributed by atoms with E-state index in [1.54, 1.807) is 0 Å². The number of nitrogens with two attached hydrogens (primary N) is 1. The second-order valence-corrected chi connectivity index (χ2v) is 5.32. The molecule has 0 amide bonds. The van der Waals surface area contributed by atoms with Gasteiger partial charge in [0.05, 0.1) is 11.0 Å². The monoisotopic (exact) mass is 260 g/mol. The van der Waals surface area contributed by atoms with Crippen LogP contribution < -0.4 is 5.73 Å². The van der Waals surface area contributed by atoms with Gasteiger partial charge in [0, 0.05) is 18.3 Å². The number of nitrogens with zero attached hydrogens (tertiary/aromatic N) is 3. The Balaban J connectivity index is 2.00. The van der Waals surface area contributed by atoms with Crippen molar-refractivity contribution in [1.82, 2.24) is 14.5 Å². The molecule has 0 spiro atoms. The number of rotatable bonds is 3. The minimum atomic E-state index is -0.0367. The fraction of sp³-hybridized carbons (Fsp3) is 0.500. The third-order valence-electron chi connectivity index (χ3n) is 4.06. The van der Waals surface area contributed by atoms with E-state index in [-0.39, 0.29) is 6.61 Å². The van der Waals surface area contributed by atoms with Crippen LogP contribution in [-0.2, 0) is 13.2 Å². The predicted octanol–water partition coefficient (Wildman–Crippen LogP) is 1.20. The number of hydrogen-bond donors (Lipinski definition) is 2. The first kappa shape index (κ1) is 12.4. The molecule has 102 valence electrons. The lowest BCUT2D eigenvalue weighted by Gasteiger charge is -2.21. The van der Waals surface area contributed by atoms with Crippen LogP contribution >= 0.6 is 0 Å². The van der Waals surface area contributed by atoms with Crippen LogP contribution in [0.2, 0.25) is 0 Å². The SMILES string of the molecule is CN1CCCC1Cn1c(CO)nc2cc(N)ccc21. The van der Waals surface area contributed by atoms with Crippen molar-refractivity contribution < 1.29 is 5.11 Å². The lowest BCUT2D eigenvalue weighted by atomic mass is 10.2. The number of likely N-dealkylation sites (tertiary alicyclic amines) is 1. The highest BCUT2D eigenvalue weighted by Gasteiger charge is 2.23. The van der Waals surface area contributed by atoms with Crippen LogP contribution in [0.25, 0.3) is 11.0 Å². The molecule has 2 aromatic rings. The normalized spacial score (nSPS) is 20.4. The van der Waals surface area contributed by atoms with E-state index < -0.39 is 0 Å². The van der Waals surface area contributed by atoms with Crippen molar-refractivity contribution in [2.24, 2.45) is 0 Å². The highest BCUT2D eigenvalue weighted by molar-refractivity contribution is 5.79. The number of aliphatic hydroxyl groups is 1. The number of imidazole rings is 1. The summed E-state index contributed by atoms with van der Waals surface area (Å²) in [5, 5.41) is 9.50. The summed E-state index contributed by atoms with van der Waals surface area (Å²) in [7, 11) is 2.16. The highest BCUT2D eigenvalue weighted by atomic mass is 16.3. The minimum Gasteiger partial charge on any atom is -0.399 e. The Kier molecular flexibility index (Phi) is 3.16. The van der Waals surface area contributed by atoms with E-state index in [9.17, 15) is 5.11 Å². The molecule has 0 aliphatic carbocycles. The van der Waals surface area contributed by atoms with Gasteiger partial charge in [-0.15, -0.1) is 0 Å². The third kappa shape index (κ3) is 2.19. The topological polar surface area (TPSA) is 67.3 Å². The smallest absolute Gasteiger partial charge is 0.135 e. The van der Waals surface area contributed by atoms with Gasteiger partial charge in [-0.25, -0.2) is 4.98 Å². The summed E-state index contributed by atoms with van der Waals surface area (Å²) in [6.07, 6.45) is 2.45. The van der Waals surface area contributed by atoms with Crippen molar-refractivity contribution in [2.45, 2.75) is 32.0 Å². The quantitative estimate of drug-likeness (QED) is 0.814. The van der Waals surface area contributed by atoms with E-state index in [1.165, 1.54) is 12.8 Å². The van der Waals surface area contributed by atoms with Crippen LogP contribution in [0.5, 0.6) is 0 Å². The molecule has 1 aliphatic heterocycles. The summed E-state index contributed by atoms with van der Waals surface area (Å²) >= 11 is 0. The molecular formula is C14H20N4O. The number of benzene rings is 1. The van der Waals surface area contributed by atoms with E-state index in [1.807, 2.05) is 18.2 Å². The molecule has 5 heteroatoms. The summed E-state index contributed by atoms with van der Waals surface area (Å²) in [6.45, 7) is 2.00. The predicted molar refractivity (Wildman–Crippen MR) is 75.7 cm³/mol. The van der Waals surface area contributed by atoms with E-state index in [0.717, 1.165) is 29.9 Å². The van der Waals surface area contributed by atoms with Crippen LogP contribution in [0.15, 0.2) is 18.2 Å². The molecule has 19 heavy (non-hydrogen) atoms. The summed E-state index contributed by atoms with van der Waals surface area (Å²) < 4.78 is 2.13. The van der Waals surface area contributed by atoms with Crippen molar-refractivity contribution in [3.05, 3.63) is 24.0 Å². The van der Waals surface area contributed by atoms with E-state index in [2.05, 4.69) is 21.5 Å². The zero-order valence-corrected chi connectivity index (χ0v) is 11.2. The van der Waals surface area contributed by atoms with Crippen LogP contribution in [0, 0.1) is 0 Å². The standard InChI is InChI=1S/C14H20N4O/c1-17-6-2-3-11(17)8-18-13-5-4-10(15)7-12(13)16-14(18)9-19/h4-5,7,11,19H,2-3,6,8-9,15H2,1H3. The molecule has 2 heterocycles. The molecule has 1 saturated heterocycles. The van der Waals surface area contributed by atoms with Crippen LogP contribution in [0.4, 0.5) is 5.69 Å². The molecule has 0 bridgehead atoms. The molecule has 0 radical (unpaired) electrons. The number of likely N-dealkylation sites (N-methyl/N-ethyl adjacent to an activating group) is 1. The van der Waals surface area contributed by atoms with Crippen molar-refractivity contribution >= 4 is 16.7 Å². The van der Waals surface area contributed by atoms with E-state index in [0.29, 0.717) is 11.7 Å². The lowest BCUT2D eigenvalue weighted by Crippen LogP contribution is -2.29. The maximum absolute atomic E-state index is 9.50. The van der Waals surface area contributed by atoms with Gasteiger partial charge in [-0.2, -0.15) is 0 Å². The highest BCUT2D eigenvalue weighted by Crippen LogP contribution is 2.23. The number of hydrogen-bond acceptors (Lipinski definition) is 4. The number of aromatic nitrogens is 2. The zero-order chi connectivity index (χ0) is 13.4. The zero-order valence-electron chi connectivity index (χ0n) is 11.2. The van der Waals surface area contributed by atoms with Gasteiger partial charge < -0.3 is 20.3 Å². The minimum absolute atomic E-state index is 0.0367. The molecular weight excluding hydrogens is 240 g/mol. The number of nitrogen functional groups attached to an aromatic ring is 1. The van der Waals surface area contributed by atoms with Crippen LogP contribution in [0.3, 0.4) is 0 Å². The van der Waals surface area contributed by atoms with Crippen molar-refractivity contribution in [3.63, 3.8) is 0 Å². The summed E-state index contributed by atoms with van der Waals surface area (Å²) in [4.78, 5) is 6.85. The van der Waals surface area contributed by atoms with Gasteiger partial charge in [0.15, 0.2) is 0 Å². The van der Waals surface area contributed by atoms with Gasteiger partial charge in [0.1, 0.15) is 12.4 Å². The summed E-state index contributed by atoms with van der Waals surface area (Å²) in [6, 6.07) is 6.27. The van der Waals surface area contributed by atoms with Gasteiger partial charge in [0.2, 0.25) is 0 Å². The maximum atomic E-state index is 9.50. The first-order valence-electron chi connectivity index (χ1n) is 6.75. The Morgan fingerprint density at radius 1 is 1.47 bits per heavy atom. The van der Waals surface area contributed by atoms with Gasteiger partial charge in [-0.05, 0) is 44.6 Å². The van der Waals surface area contributed by atoms with Crippen molar-refractivity contribution in [3.8, 4) is 0 Å². The average molecular weight is 260 g/mol. The fourth-order valence-corrected chi connectivity index (χ4v) is 2.94. The van der Waals surface area contributed by atoms with Crippen LogP contribution in [0.1, 0.15) is 18.7 Å². The Morgan fingerprint density at radius 2 is 2.32 bits per heavy atom. The number of aliphatic hydroxyl groups excluding tert-OH is 1. The Labute approximate surface area is 112 Å². The maximum Gasteiger partial charge on any atom is 0.135 e. The molecule has 3 rings (SSSR count). The summed E-state index contributed by atoms with van der Waals surface area (Å²) in [5.74, 6) is 0.723. The van der Waals surface area contributed by atoms with E-state index >= 15 is 0 Å². The third-order valence-corrected chi connectivity index (χ3v) is 4.06. The molecule has 1 atom stereocenters. The van der Waals surface area contributed by atoms with Gasteiger partial charge in [-0.1, -0.05) is 0 Å². The average Bonchev–Trinajstić information content (AvgIpc) is 2.94. The molecule has 1 fully saturated rings. The van der Waals surface area contributed by atoms with Gasteiger partial charge in [-0.3, -0.25) is 0 Å². The van der Waals surface area contributed by atoms with Crippen molar-refractivity contribution in [1.29, 1.82) is 0 Å².